The highest BCUT2D eigenvalue weighted by atomic mass is 16.4. The molecule has 0 aliphatic carbocycles. The molecule has 0 aliphatic heterocycles. The third-order valence-corrected chi connectivity index (χ3v) is 5.96. The molecule has 0 spiro atoms. The Balaban J connectivity index is 3.22. The average molecular weight is 426 g/mol. The van der Waals surface area contributed by atoms with E-state index in [1.165, 1.54) is 96.3 Å². The van der Waals surface area contributed by atoms with Gasteiger partial charge >= 0.3 is 5.97 Å². The molecule has 0 aliphatic rings. The minimum Gasteiger partial charge on any atom is -0.480 e. The Kier molecular flexibility index (Phi) is 22.1. The van der Waals surface area contributed by atoms with E-state index < -0.39 is 5.97 Å². The molecule has 0 bridgehead atoms. The lowest BCUT2D eigenvalue weighted by Crippen LogP contribution is -2.26. The van der Waals surface area contributed by atoms with Crippen molar-refractivity contribution in [3.63, 3.8) is 0 Å². The van der Waals surface area contributed by atoms with Gasteiger partial charge in [0.2, 0.25) is 0 Å². The van der Waals surface area contributed by atoms with Gasteiger partial charge in [0, 0.05) is 12.8 Å². The van der Waals surface area contributed by atoms with Crippen LogP contribution < -0.4 is 0 Å². The number of hydrogen-bond acceptors (Lipinski definition) is 3. The number of carboxylic acid groups (broad SMARTS) is 1. The third kappa shape index (κ3) is 23.4. The molecule has 30 heavy (non-hydrogen) atoms. The van der Waals surface area contributed by atoms with Gasteiger partial charge in [-0.3, -0.25) is 14.5 Å². The molecule has 0 heterocycles. The summed E-state index contributed by atoms with van der Waals surface area (Å²) in [7, 11) is 1.87. The number of rotatable bonds is 24. The molecule has 0 unspecified atom stereocenters. The minimum absolute atomic E-state index is 0.141. The van der Waals surface area contributed by atoms with Crippen LogP contribution in [0.25, 0.3) is 0 Å². The number of carbonyl (C=O) groups is 2. The van der Waals surface area contributed by atoms with Crippen molar-refractivity contribution in [2.45, 2.75) is 135 Å². The van der Waals surface area contributed by atoms with Crippen molar-refractivity contribution in [1.29, 1.82) is 0 Å². The summed E-state index contributed by atoms with van der Waals surface area (Å²) < 4.78 is 0. The fourth-order valence-electron chi connectivity index (χ4n) is 4.01. The van der Waals surface area contributed by atoms with Gasteiger partial charge in [-0.25, -0.2) is 0 Å². The van der Waals surface area contributed by atoms with Gasteiger partial charge < -0.3 is 5.11 Å². The minimum atomic E-state index is -0.748. The number of nitrogens with zero attached hydrogens (tertiary/aromatic N) is 1. The highest BCUT2D eigenvalue weighted by Gasteiger charge is 2.04. The Morgan fingerprint density at radius 1 is 0.600 bits per heavy atom. The molecule has 0 aromatic carbocycles. The monoisotopic (exact) mass is 425 g/mol. The van der Waals surface area contributed by atoms with Crippen LogP contribution >= 0.6 is 0 Å². The first kappa shape index (κ1) is 29.1. The molecule has 0 atom stereocenters. The van der Waals surface area contributed by atoms with Crippen LogP contribution in [0.1, 0.15) is 135 Å². The van der Waals surface area contributed by atoms with Gasteiger partial charge in [-0.05, 0) is 32.9 Å². The first-order chi connectivity index (χ1) is 14.6. The van der Waals surface area contributed by atoms with Gasteiger partial charge in [-0.1, -0.05) is 103 Å². The van der Waals surface area contributed by atoms with E-state index in [0.717, 1.165) is 38.6 Å². The molecular weight excluding hydrogens is 374 g/mol. The summed E-state index contributed by atoms with van der Waals surface area (Å²) in [5.74, 6) is -0.270. The first-order valence-corrected chi connectivity index (χ1v) is 13.0. The van der Waals surface area contributed by atoms with E-state index in [2.05, 4.69) is 6.92 Å². The summed E-state index contributed by atoms with van der Waals surface area (Å²) in [6.07, 6.45) is 24.3. The number of hydrogen-bond donors (Lipinski definition) is 1. The maximum Gasteiger partial charge on any atom is 0.317 e. The number of unbranched alkanes of at least 4 members (excludes halogenated alkanes) is 16. The number of carbonyl (C=O) groups excluding carboxylic acids is 1. The Bertz CT molecular complexity index is 398. The van der Waals surface area contributed by atoms with Crippen molar-refractivity contribution in [3.8, 4) is 0 Å². The second-order valence-corrected chi connectivity index (χ2v) is 9.18. The van der Waals surface area contributed by atoms with Gasteiger partial charge in [-0.2, -0.15) is 0 Å². The van der Waals surface area contributed by atoms with E-state index in [9.17, 15) is 9.59 Å². The van der Waals surface area contributed by atoms with Gasteiger partial charge in [0.1, 0.15) is 5.78 Å². The molecule has 0 amide bonds. The molecule has 0 fully saturated rings. The SMILES string of the molecule is CCCCCCCCCCCC(=O)CCCCCCCCCCCN(C)CC(=O)O. The van der Waals surface area contributed by atoms with E-state index >= 15 is 0 Å². The zero-order valence-electron chi connectivity index (χ0n) is 20.3. The number of ketones is 1. The quantitative estimate of drug-likeness (QED) is 0.164. The topological polar surface area (TPSA) is 57.6 Å². The second-order valence-electron chi connectivity index (χ2n) is 9.18. The number of likely N-dealkylation sites (N-methyl/N-ethyl adjacent to an activating group) is 1. The number of Topliss-reactive ketones (excluding diaryl/α,β-unsaturated/α-hetero) is 1. The van der Waals surface area contributed by atoms with Crippen LogP contribution in [0.2, 0.25) is 0 Å². The third-order valence-electron chi connectivity index (χ3n) is 5.96. The van der Waals surface area contributed by atoms with Crippen molar-refractivity contribution in [3.05, 3.63) is 0 Å². The predicted octanol–water partition coefficient (Wildman–Crippen LogP) is 7.39. The molecule has 1 N–H and O–H groups in total. The Morgan fingerprint density at radius 3 is 1.37 bits per heavy atom. The fourth-order valence-corrected chi connectivity index (χ4v) is 4.01. The largest absolute Gasteiger partial charge is 0.480 e. The van der Waals surface area contributed by atoms with E-state index in [1.54, 1.807) is 0 Å². The molecule has 4 nitrogen and oxygen atoms in total. The molecule has 0 radical (unpaired) electrons. The average Bonchev–Trinajstić information content (AvgIpc) is 2.70. The number of aliphatic carboxylic acids is 1. The van der Waals surface area contributed by atoms with Gasteiger partial charge in [0.25, 0.3) is 0 Å². The molecule has 0 aromatic heterocycles. The lowest BCUT2D eigenvalue weighted by atomic mass is 10.0. The summed E-state index contributed by atoms with van der Waals surface area (Å²) in [5.41, 5.74) is 0. The smallest absolute Gasteiger partial charge is 0.317 e. The zero-order valence-corrected chi connectivity index (χ0v) is 20.3. The first-order valence-electron chi connectivity index (χ1n) is 13.0. The van der Waals surface area contributed by atoms with Gasteiger partial charge in [0.05, 0.1) is 6.54 Å². The zero-order chi connectivity index (χ0) is 22.3. The van der Waals surface area contributed by atoms with E-state index in [-0.39, 0.29) is 6.54 Å². The molecule has 0 aromatic rings. The summed E-state index contributed by atoms with van der Waals surface area (Å²) in [6, 6.07) is 0. The number of carboxylic acids is 1. The molecular formula is C26H51NO3. The van der Waals surface area contributed by atoms with E-state index in [4.69, 9.17) is 5.11 Å². The summed E-state index contributed by atoms with van der Waals surface area (Å²) in [4.78, 5) is 24.4. The molecule has 178 valence electrons. The van der Waals surface area contributed by atoms with E-state index in [1.807, 2.05) is 11.9 Å². The molecule has 0 rings (SSSR count). The fraction of sp³-hybridized carbons (Fsp3) is 0.923. The van der Waals surface area contributed by atoms with Crippen LogP contribution in [0.15, 0.2) is 0 Å². The van der Waals surface area contributed by atoms with Crippen molar-refractivity contribution in [1.82, 2.24) is 4.90 Å². The summed E-state index contributed by atoms with van der Waals surface area (Å²) in [6.45, 7) is 3.27. The van der Waals surface area contributed by atoms with Crippen molar-refractivity contribution < 1.29 is 14.7 Å². The normalized spacial score (nSPS) is 11.3. The Morgan fingerprint density at radius 2 is 0.967 bits per heavy atom. The van der Waals surface area contributed by atoms with Crippen LogP contribution in [0, 0.1) is 0 Å². The highest BCUT2D eigenvalue weighted by Crippen LogP contribution is 2.13. The molecule has 0 saturated carbocycles. The van der Waals surface area contributed by atoms with Crippen LogP contribution in [-0.2, 0) is 9.59 Å². The second kappa shape index (κ2) is 22.8. The van der Waals surface area contributed by atoms with Crippen LogP contribution in [-0.4, -0.2) is 41.9 Å². The van der Waals surface area contributed by atoms with Gasteiger partial charge in [-0.15, -0.1) is 0 Å². The lowest BCUT2D eigenvalue weighted by molar-refractivity contribution is -0.138. The Hall–Kier alpha value is -0.900. The predicted molar refractivity (Wildman–Crippen MR) is 128 cm³/mol. The standard InChI is InChI=1S/C26H51NO3/c1-3-4-5-6-7-9-12-15-18-21-25(28)22-19-16-13-10-8-11-14-17-20-23-27(2)24-26(29)30/h3-24H2,1-2H3,(H,29,30). The van der Waals surface area contributed by atoms with Crippen LogP contribution in [0.4, 0.5) is 0 Å². The molecule has 4 heteroatoms. The molecule has 0 saturated heterocycles. The summed E-state index contributed by atoms with van der Waals surface area (Å²) >= 11 is 0. The maximum absolute atomic E-state index is 12.0. The van der Waals surface area contributed by atoms with Crippen molar-refractivity contribution in [2.75, 3.05) is 20.1 Å². The van der Waals surface area contributed by atoms with Crippen LogP contribution in [0.3, 0.4) is 0 Å². The summed E-state index contributed by atoms with van der Waals surface area (Å²) in [5, 5.41) is 8.71. The van der Waals surface area contributed by atoms with Gasteiger partial charge in [0.15, 0.2) is 0 Å². The van der Waals surface area contributed by atoms with Crippen molar-refractivity contribution >= 4 is 11.8 Å². The van der Waals surface area contributed by atoms with Crippen LogP contribution in [0.5, 0.6) is 0 Å². The lowest BCUT2D eigenvalue weighted by Gasteiger charge is -2.13. The Labute approximate surface area is 187 Å². The van der Waals surface area contributed by atoms with Crippen molar-refractivity contribution in [2.24, 2.45) is 0 Å². The highest BCUT2D eigenvalue weighted by molar-refractivity contribution is 5.78. The van der Waals surface area contributed by atoms with E-state index in [0.29, 0.717) is 5.78 Å². The maximum atomic E-state index is 12.0.